The van der Waals surface area contributed by atoms with Crippen molar-refractivity contribution in [2.45, 2.75) is 76.5 Å². The summed E-state index contributed by atoms with van der Waals surface area (Å²) in [7, 11) is 5.70. The van der Waals surface area contributed by atoms with Gasteiger partial charge in [-0.2, -0.15) is 11.8 Å². The molecule has 0 aliphatic carbocycles. The number of ether oxygens (including phenoxy) is 4. The fourth-order valence-corrected chi connectivity index (χ4v) is 9.95. The number of nitrogens with zero attached hydrogens (tertiary/aromatic N) is 5. The molecule has 4 heterocycles. The zero-order chi connectivity index (χ0) is 46.1. The molecule has 4 aliphatic rings. The van der Waals surface area contributed by atoms with Crippen molar-refractivity contribution in [2.24, 2.45) is 4.99 Å². The summed E-state index contributed by atoms with van der Waals surface area (Å²) in [6.45, 7) is 10.7. The van der Waals surface area contributed by atoms with Gasteiger partial charge in [-0.15, -0.1) is 0 Å². The maximum Gasteiger partial charge on any atom is 0.261 e. The number of aliphatic imine (C=N–C) groups is 1. The van der Waals surface area contributed by atoms with E-state index in [4.69, 9.17) is 23.9 Å². The van der Waals surface area contributed by atoms with Crippen LogP contribution in [-0.4, -0.2) is 100 Å². The number of thioether (sulfide) groups is 1. The second kappa shape index (κ2) is 19.2. The summed E-state index contributed by atoms with van der Waals surface area (Å²) in [5, 5.41) is 0. The largest absolute Gasteiger partial charge is 0.493 e. The number of aryl methyl sites for hydroxylation is 2. The highest BCUT2D eigenvalue weighted by atomic mass is 32.2. The van der Waals surface area contributed by atoms with Gasteiger partial charge >= 0.3 is 0 Å². The average Bonchev–Trinajstić information content (AvgIpc) is 3.81. The minimum Gasteiger partial charge on any atom is -0.493 e. The molecule has 0 saturated heterocycles. The second-order valence-corrected chi connectivity index (χ2v) is 20.2. The molecular formula is C54H61N5O6S. The number of methoxy groups -OCH3 is 1. The van der Waals surface area contributed by atoms with Gasteiger partial charge in [0.05, 0.1) is 37.6 Å². The smallest absolute Gasteiger partial charge is 0.261 e. The van der Waals surface area contributed by atoms with Crippen molar-refractivity contribution >= 4 is 52.5 Å². The van der Waals surface area contributed by atoms with Crippen molar-refractivity contribution in [3.05, 3.63) is 136 Å². The first-order valence-electron chi connectivity index (χ1n) is 23.0. The van der Waals surface area contributed by atoms with E-state index in [9.17, 15) is 9.59 Å². The zero-order valence-corrected chi connectivity index (χ0v) is 40.1. The van der Waals surface area contributed by atoms with Crippen LogP contribution in [-0.2, 0) is 37.2 Å². The molecule has 344 valence electrons. The van der Waals surface area contributed by atoms with E-state index in [1.54, 1.807) is 13.2 Å². The van der Waals surface area contributed by atoms with Crippen LogP contribution in [0.2, 0.25) is 0 Å². The van der Waals surface area contributed by atoms with E-state index in [1.165, 1.54) is 5.56 Å². The molecule has 0 spiro atoms. The molecule has 5 aromatic carbocycles. The van der Waals surface area contributed by atoms with Crippen molar-refractivity contribution in [1.29, 1.82) is 0 Å². The number of hydrogen-bond donors (Lipinski definition) is 0. The molecule has 0 saturated carbocycles. The molecule has 0 N–H and O–H groups in total. The molecule has 0 radical (unpaired) electrons. The van der Waals surface area contributed by atoms with E-state index < -0.39 is 0 Å². The highest BCUT2D eigenvalue weighted by molar-refractivity contribution is 7.99. The van der Waals surface area contributed by atoms with Gasteiger partial charge in [0.25, 0.3) is 11.8 Å². The van der Waals surface area contributed by atoms with Gasteiger partial charge in [0.1, 0.15) is 19.0 Å². The molecule has 2 atom stereocenters. The van der Waals surface area contributed by atoms with E-state index in [1.807, 2.05) is 71.1 Å². The first-order valence-corrected chi connectivity index (χ1v) is 24.3. The van der Waals surface area contributed by atoms with Crippen LogP contribution < -0.4 is 28.9 Å². The van der Waals surface area contributed by atoms with Crippen LogP contribution in [0.3, 0.4) is 0 Å². The number of anilines is 3. The van der Waals surface area contributed by atoms with Crippen LogP contribution in [0.1, 0.15) is 74.4 Å². The number of rotatable bonds is 17. The predicted molar refractivity (Wildman–Crippen MR) is 266 cm³/mol. The van der Waals surface area contributed by atoms with Gasteiger partial charge in [-0.1, -0.05) is 36.4 Å². The van der Waals surface area contributed by atoms with Crippen molar-refractivity contribution in [3.63, 3.8) is 0 Å². The van der Waals surface area contributed by atoms with E-state index in [-0.39, 0.29) is 35.3 Å². The SMILES string of the molecule is COc1cc2c(cc1OCc1cc(COc3cc4c(cc3C)C(=O)N3c5ccccc5C[C@H]3CC4)cc(N(CCOCCN(C)C)CC(C)(C)SC)c1)N=C[C@@H]1Cc3ccccc3N1C2=O. The third-order valence-corrected chi connectivity index (χ3v) is 14.5. The third-order valence-electron chi connectivity index (χ3n) is 13.3. The van der Waals surface area contributed by atoms with Crippen LogP contribution in [0, 0.1) is 6.92 Å². The number of para-hydroxylation sites is 2. The van der Waals surface area contributed by atoms with E-state index in [0.29, 0.717) is 49.1 Å². The lowest BCUT2D eigenvalue weighted by atomic mass is 9.98. The molecule has 12 heteroatoms. The Kier molecular flexibility index (Phi) is 13.2. The van der Waals surface area contributed by atoms with Gasteiger partial charge in [0, 0.05) is 71.8 Å². The summed E-state index contributed by atoms with van der Waals surface area (Å²) in [6.07, 6.45) is 7.33. The van der Waals surface area contributed by atoms with Crippen molar-refractivity contribution in [2.75, 3.05) is 75.0 Å². The fraction of sp³-hybridized carbons (Fsp3) is 0.389. The molecule has 0 bridgehead atoms. The Labute approximate surface area is 393 Å². The summed E-state index contributed by atoms with van der Waals surface area (Å²) in [5.41, 5.74) is 11.0. The molecule has 0 aromatic heterocycles. The molecule has 0 unspecified atom stereocenters. The number of amides is 2. The van der Waals surface area contributed by atoms with Gasteiger partial charge in [0.2, 0.25) is 0 Å². The first kappa shape index (κ1) is 45.3. The number of benzene rings is 5. The standard InChI is InChI=1S/C54H61N5O6S/c1-35-22-44-38(16-17-41-26-39-12-8-10-14-47(39)58(41)52(44)60)28-49(35)64-32-36-23-37(25-42(24-36)57(34-54(2,3)66-7)19-21-63-20-18-56(4)5)33-65-51-30-46-45(29-50(51)62-6)53(61)59-43(31-55-46)27-40-13-9-11-15-48(40)59/h8-15,22-25,28-31,41,43H,16-21,26-27,32-34H2,1-7H3/t41-,43+/m1/s1. The molecule has 2 amide bonds. The summed E-state index contributed by atoms with van der Waals surface area (Å²) in [5.74, 6) is 1.69. The van der Waals surface area contributed by atoms with E-state index in [2.05, 4.69) is 92.5 Å². The highest BCUT2D eigenvalue weighted by Gasteiger charge is 2.38. The summed E-state index contributed by atoms with van der Waals surface area (Å²) < 4.78 is 25.3. The van der Waals surface area contributed by atoms with Gasteiger partial charge in [-0.25, -0.2) is 0 Å². The lowest BCUT2D eigenvalue weighted by Gasteiger charge is -2.34. The molecule has 0 fully saturated rings. The predicted octanol–water partition coefficient (Wildman–Crippen LogP) is 9.49. The van der Waals surface area contributed by atoms with Crippen LogP contribution in [0.25, 0.3) is 0 Å². The fourth-order valence-electron chi connectivity index (χ4n) is 9.66. The number of likely N-dealkylation sites (N-methyl/N-ethyl adjacent to an activating group) is 1. The topological polar surface area (TPSA) is 96.4 Å². The monoisotopic (exact) mass is 907 g/mol. The van der Waals surface area contributed by atoms with E-state index >= 15 is 0 Å². The Morgan fingerprint density at radius 2 is 1.42 bits per heavy atom. The van der Waals surface area contributed by atoms with Gasteiger partial charge < -0.3 is 33.6 Å². The second-order valence-electron chi connectivity index (χ2n) is 18.7. The molecule has 4 aliphatic heterocycles. The lowest BCUT2D eigenvalue weighted by Crippen LogP contribution is -2.39. The lowest BCUT2D eigenvalue weighted by molar-refractivity contribution is 0.0975. The first-order chi connectivity index (χ1) is 31.9. The molecule has 66 heavy (non-hydrogen) atoms. The van der Waals surface area contributed by atoms with Crippen LogP contribution in [0.4, 0.5) is 22.7 Å². The Hall–Kier alpha value is -5.82. The average molecular weight is 908 g/mol. The summed E-state index contributed by atoms with van der Waals surface area (Å²) >= 11 is 1.84. The summed E-state index contributed by atoms with van der Waals surface area (Å²) in [4.78, 5) is 41.5. The number of hydrogen-bond acceptors (Lipinski definition) is 10. The van der Waals surface area contributed by atoms with E-state index in [0.717, 1.165) is 95.0 Å². The Morgan fingerprint density at radius 1 is 0.758 bits per heavy atom. The van der Waals surface area contributed by atoms with Crippen molar-refractivity contribution in [1.82, 2.24) is 4.90 Å². The highest BCUT2D eigenvalue weighted by Crippen LogP contribution is 2.42. The Bertz CT molecular complexity index is 2660. The number of carbonyl (C=O) groups excluding carboxylic acids is 2. The maximum atomic E-state index is 14.1. The van der Waals surface area contributed by atoms with Crippen LogP contribution in [0.15, 0.2) is 96.0 Å². The Morgan fingerprint density at radius 3 is 2.14 bits per heavy atom. The van der Waals surface area contributed by atoms with Gasteiger partial charge in [-0.3, -0.25) is 19.5 Å². The molecule has 11 nitrogen and oxygen atoms in total. The van der Waals surface area contributed by atoms with Gasteiger partial charge in [0.15, 0.2) is 11.5 Å². The molecule has 9 rings (SSSR count). The maximum absolute atomic E-state index is 14.1. The van der Waals surface area contributed by atoms with Crippen molar-refractivity contribution in [3.8, 4) is 17.2 Å². The van der Waals surface area contributed by atoms with Crippen LogP contribution in [0.5, 0.6) is 17.2 Å². The van der Waals surface area contributed by atoms with Crippen molar-refractivity contribution < 1.29 is 28.5 Å². The van der Waals surface area contributed by atoms with Gasteiger partial charge in [-0.05, 0) is 142 Å². The normalized spacial score (nSPS) is 17.1. The number of carbonyl (C=O) groups is 2. The van der Waals surface area contributed by atoms with Crippen LogP contribution >= 0.6 is 11.8 Å². The Balaban J connectivity index is 0.997. The minimum absolute atomic E-state index is 0.0371. The zero-order valence-electron chi connectivity index (χ0n) is 39.3. The quantitative estimate of drug-likeness (QED) is 0.0846. The molecular weight excluding hydrogens is 847 g/mol. The molecule has 5 aromatic rings. The third kappa shape index (κ3) is 9.41. The minimum atomic E-state index is -0.161. The summed E-state index contributed by atoms with van der Waals surface area (Å²) in [6, 6.07) is 30.5. The number of fused-ring (bicyclic) bond motifs is 8.